The van der Waals surface area contributed by atoms with Crippen molar-refractivity contribution in [2.75, 3.05) is 10.4 Å². The van der Waals surface area contributed by atoms with Crippen molar-refractivity contribution >= 4 is 34.7 Å². The van der Waals surface area contributed by atoms with Crippen molar-refractivity contribution in [1.29, 1.82) is 0 Å². The molecule has 1 amide bonds. The third-order valence-corrected chi connectivity index (χ3v) is 6.35. The van der Waals surface area contributed by atoms with Crippen LogP contribution in [-0.2, 0) is 17.6 Å². The number of nitrogens with one attached hydrogen (secondary N) is 1. The summed E-state index contributed by atoms with van der Waals surface area (Å²) in [7, 11) is 0. The molecule has 2 aliphatic rings. The number of carbonyl (C=O) groups excluding carboxylic acids is 1. The van der Waals surface area contributed by atoms with Crippen LogP contribution in [-0.4, -0.2) is 33.5 Å². The van der Waals surface area contributed by atoms with Crippen LogP contribution in [0.15, 0.2) is 64.8 Å². The standard InChI is InChI=1S/C27H23FN4O4/c1-15-24(26(34)32(31-15)21-10-9-16-5-2-3-6-17(16)12-21)30-29-23-14-20(28)13-22(25(23)33)18-7-4-8-19(11-18)27(35)36/h4,7-14,29,33H,2-3,5-6H2,1H3,(H,35,36). The Morgan fingerprint density at radius 3 is 2.64 bits per heavy atom. The maximum atomic E-state index is 14.4. The summed E-state index contributed by atoms with van der Waals surface area (Å²) in [4.78, 5) is 24.4. The number of phenols is 1. The number of benzene rings is 3. The lowest BCUT2D eigenvalue weighted by Crippen LogP contribution is -2.28. The molecule has 5 rings (SSSR count). The molecule has 1 aliphatic heterocycles. The first-order valence-corrected chi connectivity index (χ1v) is 11.5. The second kappa shape index (κ2) is 9.26. The first-order chi connectivity index (χ1) is 17.3. The molecule has 3 aromatic rings. The summed E-state index contributed by atoms with van der Waals surface area (Å²) in [6, 6.07) is 13.8. The predicted octanol–water partition coefficient (Wildman–Crippen LogP) is 4.97. The molecule has 36 heavy (non-hydrogen) atoms. The number of rotatable bonds is 5. The fourth-order valence-electron chi connectivity index (χ4n) is 4.49. The van der Waals surface area contributed by atoms with Crippen molar-refractivity contribution < 1.29 is 24.2 Å². The minimum Gasteiger partial charge on any atom is -0.505 e. The summed E-state index contributed by atoms with van der Waals surface area (Å²) in [5.41, 5.74) is 6.46. The highest BCUT2D eigenvalue weighted by Gasteiger charge is 2.31. The molecule has 0 unspecified atom stereocenters. The third-order valence-electron chi connectivity index (χ3n) is 6.35. The zero-order chi connectivity index (χ0) is 25.4. The summed E-state index contributed by atoms with van der Waals surface area (Å²) in [5.74, 6) is -2.60. The van der Waals surface area contributed by atoms with Gasteiger partial charge in [-0.15, -0.1) is 0 Å². The van der Waals surface area contributed by atoms with E-state index in [0.717, 1.165) is 37.8 Å². The Hall–Kier alpha value is -4.53. The van der Waals surface area contributed by atoms with Gasteiger partial charge in [-0.3, -0.25) is 10.2 Å². The number of carbonyl (C=O) groups is 2. The highest BCUT2D eigenvalue weighted by Crippen LogP contribution is 2.37. The van der Waals surface area contributed by atoms with Crippen LogP contribution in [0, 0.1) is 5.82 Å². The molecule has 182 valence electrons. The summed E-state index contributed by atoms with van der Waals surface area (Å²) < 4.78 is 14.4. The van der Waals surface area contributed by atoms with Crippen LogP contribution in [0.5, 0.6) is 5.75 Å². The highest BCUT2D eigenvalue weighted by atomic mass is 19.1. The SMILES string of the molecule is CC1=NN(c2ccc3c(c2)CCCC3)C(=O)C1=NNc1cc(F)cc(-c2cccc(C(=O)O)c2)c1O. The van der Waals surface area contributed by atoms with Crippen LogP contribution in [0.25, 0.3) is 11.1 Å². The summed E-state index contributed by atoms with van der Waals surface area (Å²) in [5, 5.41) is 29.8. The smallest absolute Gasteiger partial charge is 0.335 e. The van der Waals surface area contributed by atoms with E-state index in [1.54, 1.807) is 13.0 Å². The number of halogens is 1. The number of hydrogen-bond acceptors (Lipinski definition) is 6. The van der Waals surface area contributed by atoms with Crippen molar-refractivity contribution in [3.8, 4) is 16.9 Å². The molecule has 8 nitrogen and oxygen atoms in total. The van der Waals surface area contributed by atoms with Gasteiger partial charge in [0, 0.05) is 11.6 Å². The number of aromatic carboxylic acids is 1. The van der Waals surface area contributed by atoms with E-state index in [9.17, 15) is 24.2 Å². The average molecular weight is 487 g/mol. The molecule has 3 aromatic carbocycles. The molecule has 0 atom stereocenters. The lowest BCUT2D eigenvalue weighted by atomic mass is 9.91. The number of carboxylic acid groups (broad SMARTS) is 1. The minimum absolute atomic E-state index is 0.00317. The van der Waals surface area contributed by atoms with E-state index in [2.05, 4.69) is 15.6 Å². The number of nitrogens with zero attached hydrogens (tertiary/aromatic N) is 3. The molecule has 0 bridgehead atoms. The van der Waals surface area contributed by atoms with Crippen LogP contribution in [0.4, 0.5) is 15.8 Å². The van der Waals surface area contributed by atoms with Crippen LogP contribution in [0.1, 0.15) is 41.3 Å². The number of hydrogen-bond donors (Lipinski definition) is 3. The van der Waals surface area contributed by atoms with Crippen LogP contribution in [0.3, 0.4) is 0 Å². The molecule has 0 saturated carbocycles. The van der Waals surface area contributed by atoms with Gasteiger partial charge in [-0.1, -0.05) is 18.2 Å². The molecule has 1 aliphatic carbocycles. The quantitative estimate of drug-likeness (QED) is 0.348. The molecule has 1 heterocycles. The van der Waals surface area contributed by atoms with Gasteiger partial charge in [0.2, 0.25) is 0 Å². The lowest BCUT2D eigenvalue weighted by molar-refractivity contribution is -0.112. The van der Waals surface area contributed by atoms with Gasteiger partial charge in [0.05, 0.1) is 17.0 Å². The first-order valence-electron chi connectivity index (χ1n) is 11.5. The van der Waals surface area contributed by atoms with Gasteiger partial charge < -0.3 is 10.2 Å². The van der Waals surface area contributed by atoms with Gasteiger partial charge in [-0.2, -0.15) is 15.2 Å². The summed E-state index contributed by atoms with van der Waals surface area (Å²) >= 11 is 0. The Bertz CT molecular complexity index is 1460. The molecule has 0 radical (unpaired) electrons. The summed E-state index contributed by atoms with van der Waals surface area (Å²) in [6.07, 6.45) is 4.27. The number of amides is 1. The van der Waals surface area contributed by atoms with Crippen molar-refractivity contribution in [2.24, 2.45) is 10.2 Å². The van der Waals surface area contributed by atoms with Crippen molar-refractivity contribution in [3.63, 3.8) is 0 Å². The number of hydrazone groups is 2. The van der Waals surface area contributed by atoms with Gasteiger partial charge in [-0.25, -0.2) is 9.18 Å². The molecule has 0 spiro atoms. The third kappa shape index (κ3) is 4.31. The van der Waals surface area contributed by atoms with Crippen LogP contribution >= 0.6 is 0 Å². The average Bonchev–Trinajstić information content (AvgIpc) is 3.17. The van der Waals surface area contributed by atoms with Gasteiger partial charge in [0.25, 0.3) is 0 Å². The van der Waals surface area contributed by atoms with Crippen molar-refractivity contribution in [2.45, 2.75) is 32.6 Å². The Balaban J connectivity index is 1.42. The maximum Gasteiger partial charge on any atom is 0.335 e. The second-order valence-electron chi connectivity index (χ2n) is 8.77. The predicted molar refractivity (Wildman–Crippen MR) is 135 cm³/mol. The van der Waals surface area contributed by atoms with Crippen LogP contribution < -0.4 is 10.4 Å². The van der Waals surface area contributed by atoms with E-state index in [1.165, 1.54) is 34.3 Å². The maximum absolute atomic E-state index is 14.4. The number of phenolic OH excluding ortho intramolecular Hbond substituents is 1. The van der Waals surface area contributed by atoms with Gasteiger partial charge in [0.1, 0.15) is 17.3 Å². The number of anilines is 2. The molecule has 0 aromatic heterocycles. The Morgan fingerprint density at radius 1 is 1.08 bits per heavy atom. The number of aromatic hydroxyl groups is 1. The molecule has 0 saturated heterocycles. The molecule has 9 heteroatoms. The first kappa shape index (κ1) is 23.2. The highest BCUT2D eigenvalue weighted by molar-refractivity contribution is 6.71. The van der Waals surface area contributed by atoms with E-state index in [-0.39, 0.29) is 28.3 Å². The zero-order valence-electron chi connectivity index (χ0n) is 19.5. The normalized spacial score (nSPS) is 16.2. The monoisotopic (exact) mass is 486 g/mol. The zero-order valence-corrected chi connectivity index (χ0v) is 19.5. The second-order valence-corrected chi connectivity index (χ2v) is 8.77. The van der Waals surface area contributed by atoms with Gasteiger partial charge in [-0.05, 0) is 79.6 Å². The molecule has 0 fully saturated rings. The van der Waals surface area contributed by atoms with Crippen molar-refractivity contribution in [1.82, 2.24) is 0 Å². The number of fused-ring (bicyclic) bond motifs is 1. The van der Waals surface area contributed by atoms with Crippen LogP contribution in [0.2, 0.25) is 0 Å². The van der Waals surface area contributed by atoms with E-state index in [0.29, 0.717) is 17.0 Å². The largest absolute Gasteiger partial charge is 0.505 e. The molecular weight excluding hydrogens is 463 g/mol. The van der Waals surface area contributed by atoms with Crippen molar-refractivity contribution in [3.05, 3.63) is 77.1 Å². The van der Waals surface area contributed by atoms with Gasteiger partial charge >= 0.3 is 11.9 Å². The van der Waals surface area contributed by atoms with Gasteiger partial charge in [0.15, 0.2) is 5.71 Å². The summed E-state index contributed by atoms with van der Waals surface area (Å²) in [6.45, 7) is 1.64. The van der Waals surface area contributed by atoms with E-state index >= 15 is 0 Å². The molecule has 3 N–H and O–H groups in total. The van der Waals surface area contributed by atoms with E-state index in [4.69, 9.17) is 0 Å². The molecular formula is C27H23FN4O4. The topological polar surface area (TPSA) is 115 Å². The Kier molecular flexibility index (Phi) is 5.97. The minimum atomic E-state index is -1.14. The fourth-order valence-corrected chi connectivity index (χ4v) is 4.49. The fraction of sp³-hybridized carbons (Fsp3) is 0.185. The number of carboxylic acids is 1. The lowest BCUT2D eigenvalue weighted by Gasteiger charge is -2.19. The Labute approximate surface area is 206 Å². The Morgan fingerprint density at radius 2 is 1.86 bits per heavy atom. The van der Waals surface area contributed by atoms with E-state index < -0.39 is 17.7 Å². The number of aryl methyl sites for hydroxylation is 2. The van der Waals surface area contributed by atoms with E-state index in [1.807, 2.05) is 18.2 Å².